The predicted octanol–water partition coefficient (Wildman–Crippen LogP) is 4.81. The van der Waals surface area contributed by atoms with Crippen LogP contribution in [0.15, 0.2) is 81.6 Å². The molecule has 5 aromatic rings. The molecule has 0 atom stereocenters. The molecule has 0 saturated heterocycles. The Morgan fingerprint density at radius 2 is 1.62 bits per heavy atom. The van der Waals surface area contributed by atoms with Crippen LogP contribution >= 0.6 is 0 Å². The minimum absolute atomic E-state index is 0.0348. The summed E-state index contributed by atoms with van der Waals surface area (Å²) in [5, 5.41) is 4.51. The second kappa shape index (κ2) is 8.07. The standard InChI is InChI=1S/C26H23N5O2S/c1-16-7-6-8-19(13-16)15-28-31-25(27)24(34(32,33)20-12-11-17(2)18(3)14-20)23-26(31)30-22-10-5-4-9-21(22)29-23/h4-15H,27H2,1-3H3. The Morgan fingerprint density at radius 3 is 2.32 bits per heavy atom. The SMILES string of the molecule is Cc1cccc(C=Nn2c(N)c(S(=O)(=O)c3ccc(C)c(C)c3)c3nc4ccccc4nc32)c1. The first-order valence-corrected chi connectivity index (χ1v) is 12.2. The van der Waals surface area contributed by atoms with Gasteiger partial charge in [0, 0.05) is 0 Å². The zero-order valence-electron chi connectivity index (χ0n) is 19.0. The molecule has 34 heavy (non-hydrogen) atoms. The number of nitrogens with two attached hydrogens (primary N) is 1. The number of hydrogen-bond donors (Lipinski definition) is 1. The van der Waals surface area contributed by atoms with Crippen molar-refractivity contribution < 1.29 is 8.42 Å². The fraction of sp³-hybridized carbons (Fsp3) is 0.115. The maximum Gasteiger partial charge on any atom is 0.212 e. The number of sulfone groups is 1. The molecule has 0 aliphatic heterocycles. The number of anilines is 1. The smallest absolute Gasteiger partial charge is 0.212 e. The minimum atomic E-state index is -4.00. The number of hydrogen-bond acceptors (Lipinski definition) is 6. The fourth-order valence-corrected chi connectivity index (χ4v) is 5.45. The molecule has 0 bridgehead atoms. The number of fused-ring (bicyclic) bond motifs is 2. The van der Waals surface area contributed by atoms with E-state index in [2.05, 4.69) is 15.1 Å². The van der Waals surface area contributed by atoms with Gasteiger partial charge in [-0.1, -0.05) is 48.0 Å². The summed E-state index contributed by atoms with van der Waals surface area (Å²) < 4.78 is 28.9. The highest BCUT2D eigenvalue weighted by Gasteiger charge is 2.30. The normalized spacial score (nSPS) is 12.2. The van der Waals surface area contributed by atoms with Crippen molar-refractivity contribution in [3.05, 3.63) is 89.0 Å². The van der Waals surface area contributed by atoms with Crippen LogP contribution in [0, 0.1) is 20.8 Å². The Kier molecular flexibility index (Phi) is 5.17. The zero-order valence-corrected chi connectivity index (χ0v) is 19.8. The van der Waals surface area contributed by atoms with Gasteiger partial charge >= 0.3 is 0 Å². The fourth-order valence-electron chi connectivity index (χ4n) is 3.88. The molecule has 3 aromatic carbocycles. The molecular weight excluding hydrogens is 446 g/mol. The number of nitrogens with zero attached hydrogens (tertiary/aromatic N) is 4. The molecular formula is C26H23N5O2S. The van der Waals surface area contributed by atoms with Crippen LogP contribution in [0.1, 0.15) is 22.3 Å². The van der Waals surface area contributed by atoms with Crippen molar-refractivity contribution >= 4 is 44.1 Å². The molecule has 8 heteroatoms. The van der Waals surface area contributed by atoms with Gasteiger partial charge in [0.15, 0.2) is 5.65 Å². The van der Waals surface area contributed by atoms with Crippen LogP contribution in [0.2, 0.25) is 0 Å². The monoisotopic (exact) mass is 469 g/mol. The van der Waals surface area contributed by atoms with E-state index in [9.17, 15) is 8.42 Å². The average Bonchev–Trinajstić information content (AvgIpc) is 3.08. The predicted molar refractivity (Wildman–Crippen MR) is 135 cm³/mol. The van der Waals surface area contributed by atoms with Crippen molar-refractivity contribution in [1.29, 1.82) is 0 Å². The van der Waals surface area contributed by atoms with E-state index in [1.807, 2.05) is 63.2 Å². The van der Waals surface area contributed by atoms with E-state index in [0.29, 0.717) is 11.0 Å². The molecule has 2 aromatic heterocycles. The molecule has 0 saturated carbocycles. The second-order valence-corrected chi connectivity index (χ2v) is 10.2. The molecule has 2 N–H and O–H groups in total. The summed E-state index contributed by atoms with van der Waals surface area (Å²) in [4.78, 5) is 9.37. The van der Waals surface area contributed by atoms with Crippen LogP contribution in [-0.2, 0) is 9.84 Å². The van der Waals surface area contributed by atoms with Crippen molar-refractivity contribution in [1.82, 2.24) is 14.6 Å². The van der Waals surface area contributed by atoms with Crippen LogP contribution < -0.4 is 5.73 Å². The Labute approximate surface area is 197 Å². The molecule has 0 spiro atoms. The van der Waals surface area contributed by atoms with Gasteiger partial charge in [0.1, 0.15) is 16.2 Å². The molecule has 0 amide bonds. The number of benzene rings is 3. The zero-order chi connectivity index (χ0) is 24.0. The quantitative estimate of drug-likeness (QED) is 0.381. The van der Waals surface area contributed by atoms with E-state index >= 15 is 0 Å². The van der Waals surface area contributed by atoms with E-state index in [1.54, 1.807) is 30.5 Å². The van der Waals surface area contributed by atoms with Gasteiger partial charge in [-0.2, -0.15) is 9.78 Å². The largest absolute Gasteiger partial charge is 0.382 e. The van der Waals surface area contributed by atoms with E-state index in [0.717, 1.165) is 22.3 Å². The van der Waals surface area contributed by atoms with Crippen LogP contribution in [0.25, 0.3) is 22.2 Å². The third-order valence-corrected chi connectivity index (χ3v) is 7.66. The van der Waals surface area contributed by atoms with Crippen molar-refractivity contribution in [2.24, 2.45) is 5.10 Å². The maximum absolute atomic E-state index is 13.8. The third-order valence-electron chi connectivity index (χ3n) is 5.85. The van der Waals surface area contributed by atoms with Crippen LogP contribution in [0.4, 0.5) is 5.82 Å². The van der Waals surface area contributed by atoms with Gasteiger partial charge in [0.05, 0.1) is 22.1 Å². The van der Waals surface area contributed by atoms with Gasteiger partial charge in [-0.05, 0) is 61.7 Å². The summed E-state index contributed by atoms with van der Waals surface area (Å²) in [5.41, 5.74) is 11.9. The number of nitrogen functional groups attached to an aromatic ring is 1. The van der Waals surface area contributed by atoms with E-state index in [1.165, 1.54) is 4.68 Å². The second-order valence-electron chi connectivity index (χ2n) is 8.32. The van der Waals surface area contributed by atoms with Crippen LogP contribution in [0.5, 0.6) is 0 Å². The number of rotatable bonds is 4. The van der Waals surface area contributed by atoms with Gasteiger partial charge in [0.2, 0.25) is 9.84 Å². The lowest BCUT2D eigenvalue weighted by Crippen LogP contribution is -2.07. The van der Waals surface area contributed by atoms with Crippen molar-refractivity contribution in [3.63, 3.8) is 0 Å². The van der Waals surface area contributed by atoms with Crippen molar-refractivity contribution in [3.8, 4) is 0 Å². The van der Waals surface area contributed by atoms with Gasteiger partial charge in [-0.25, -0.2) is 18.4 Å². The first-order valence-electron chi connectivity index (χ1n) is 10.8. The highest BCUT2D eigenvalue weighted by atomic mass is 32.2. The van der Waals surface area contributed by atoms with E-state index in [4.69, 9.17) is 5.73 Å². The molecule has 0 aliphatic rings. The summed E-state index contributed by atoms with van der Waals surface area (Å²) in [7, 11) is -4.00. The first-order chi connectivity index (χ1) is 16.3. The molecule has 0 fully saturated rings. The molecule has 5 rings (SSSR count). The molecule has 7 nitrogen and oxygen atoms in total. The lowest BCUT2D eigenvalue weighted by Gasteiger charge is -2.07. The highest BCUT2D eigenvalue weighted by Crippen LogP contribution is 2.35. The van der Waals surface area contributed by atoms with Gasteiger partial charge in [0.25, 0.3) is 0 Å². The Hall–Kier alpha value is -4.04. The third kappa shape index (κ3) is 3.62. The van der Waals surface area contributed by atoms with E-state index in [-0.39, 0.29) is 26.8 Å². The Morgan fingerprint density at radius 1 is 0.882 bits per heavy atom. The van der Waals surface area contributed by atoms with Crippen LogP contribution in [0.3, 0.4) is 0 Å². The van der Waals surface area contributed by atoms with E-state index < -0.39 is 9.84 Å². The topological polar surface area (TPSA) is 103 Å². The molecule has 170 valence electrons. The number of para-hydroxylation sites is 2. The number of aromatic nitrogens is 3. The summed E-state index contributed by atoms with van der Waals surface area (Å²) in [5.74, 6) is -0.0348. The van der Waals surface area contributed by atoms with Gasteiger partial charge in [-0.15, -0.1) is 0 Å². The average molecular weight is 470 g/mol. The molecule has 0 unspecified atom stereocenters. The lowest BCUT2D eigenvalue weighted by molar-refractivity contribution is 0.597. The van der Waals surface area contributed by atoms with Crippen molar-refractivity contribution in [2.45, 2.75) is 30.6 Å². The highest BCUT2D eigenvalue weighted by molar-refractivity contribution is 7.92. The van der Waals surface area contributed by atoms with Gasteiger partial charge in [-0.3, -0.25) is 0 Å². The van der Waals surface area contributed by atoms with Crippen LogP contribution in [-0.4, -0.2) is 29.3 Å². The first kappa shape index (κ1) is 21.8. The van der Waals surface area contributed by atoms with Crippen molar-refractivity contribution in [2.75, 3.05) is 5.73 Å². The Bertz CT molecular complexity index is 1720. The maximum atomic E-state index is 13.8. The summed E-state index contributed by atoms with van der Waals surface area (Å²) in [6, 6.07) is 20.1. The number of aryl methyl sites for hydroxylation is 3. The summed E-state index contributed by atoms with van der Waals surface area (Å²) in [6.45, 7) is 5.80. The molecule has 0 aliphatic carbocycles. The molecule has 2 heterocycles. The summed E-state index contributed by atoms with van der Waals surface area (Å²) >= 11 is 0. The summed E-state index contributed by atoms with van der Waals surface area (Å²) in [6.07, 6.45) is 1.63. The van der Waals surface area contributed by atoms with Gasteiger partial charge < -0.3 is 5.73 Å². The molecule has 0 radical (unpaired) electrons. The minimum Gasteiger partial charge on any atom is -0.382 e. The lowest BCUT2D eigenvalue weighted by atomic mass is 10.1. The Balaban J connectivity index is 1.80.